The van der Waals surface area contributed by atoms with Crippen molar-refractivity contribution in [3.05, 3.63) is 40.3 Å². The summed E-state index contributed by atoms with van der Waals surface area (Å²) in [6.07, 6.45) is 0. The molecule has 0 aliphatic carbocycles. The van der Waals surface area contributed by atoms with E-state index in [1.165, 1.54) is 12.1 Å². The van der Waals surface area contributed by atoms with E-state index in [0.717, 1.165) is 19.6 Å². The Bertz CT molecular complexity index is 661. The topological polar surface area (TPSA) is 97.3 Å². The predicted octanol–water partition coefficient (Wildman–Crippen LogP) is 1.86. The number of nitro groups is 1. The lowest BCUT2D eigenvalue weighted by Gasteiger charge is -2.32. The van der Waals surface area contributed by atoms with Gasteiger partial charge in [-0.2, -0.15) is 4.98 Å². The highest BCUT2D eigenvalue weighted by Gasteiger charge is 2.20. The van der Waals surface area contributed by atoms with Crippen LogP contribution in [-0.2, 0) is 6.54 Å². The molecular weight excluding hydrogens is 322 g/mol. The molecule has 2 heterocycles. The summed E-state index contributed by atoms with van der Waals surface area (Å²) in [5, 5.41) is 17.9. The molecule has 1 fully saturated rings. The van der Waals surface area contributed by atoms with E-state index in [9.17, 15) is 10.1 Å². The van der Waals surface area contributed by atoms with Crippen molar-refractivity contribution in [2.75, 3.05) is 19.6 Å². The Hall–Kier alpha value is -2.03. The number of hydrogen-bond acceptors (Lipinski definition) is 7. The average molecular weight is 340 g/mol. The minimum atomic E-state index is -0.433. The summed E-state index contributed by atoms with van der Waals surface area (Å²) >= 11 is 0. The second-order valence-corrected chi connectivity index (χ2v) is 5.34. The standard InChI is InChI=1S/C14H17N5O3.ClH/c1-10-8-15-6-7-18(10)9-13-16-14(17-22-13)11-2-4-12(5-3-11)19(20)21;/h2-5,10,15H,6-9H2,1H3;1H/t10-;/m0./s1. The first-order valence-corrected chi connectivity index (χ1v) is 7.15. The summed E-state index contributed by atoms with van der Waals surface area (Å²) in [5.41, 5.74) is 0.746. The molecule has 1 atom stereocenters. The first-order valence-electron chi connectivity index (χ1n) is 7.15. The first kappa shape index (κ1) is 17.3. The van der Waals surface area contributed by atoms with Gasteiger partial charge in [-0.15, -0.1) is 12.4 Å². The zero-order chi connectivity index (χ0) is 15.5. The minimum Gasteiger partial charge on any atom is -0.338 e. The van der Waals surface area contributed by atoms with Crippen LogP contribution in [0.4, 0.5) is 5.69 Å². The van der Waals surface area contributed by atoms with Gasteiger partial charge < -0.3 is 9.84 Å². The van der Waals surface area contributed by atoms with Crippen molar-refractivity contribution < 1.29 is 9.45 Å². The van der Waals surface area contributed by atoms with Gasteiger partial charge in [0.05, 0.1) is 11.5 Å². The van der Waals surface area contributed by atoms with Crippen LogP contribution in [0.3, 0.4) is 0 Å². The molecule has 3 rings (SSSR count). The van der Waals surface area contributed by atoms with Crippen LogP contribution in [0.5, 0.6) is 0 Å². The third kappa shape index (κ3) is 4.04. The van der Waals surface area contributed by atoms with Gasteiger partial charge in [-0.1, -0.05) is 5.16 Å². The van der Waals surface area contributed by atoms with Crippen molar-refractivity contribution in [1.82, 2.24) is 20.4 Å². The number of hydrogen-bond donors (Lipinski definition) is 1. The van der Waals surface area contributed by atoms with Crippen LogP contribution < -0.4 is 5.32 Å². The van der Waals surface area contributed by atoms with E-state index >= 15 is 0 Å². The number of nitro benzene ring substituents is 1. The fourth-order valence-corrected chi connectivity index (χ4v) is 2.46. The van der Waals surface area contributed by atoms with E-state index in [4.69, 9.17) is 4.52 Å². The van der Waals surface area contributed by atoms with Crippen molar-refractivity contribution in [3.63, 3.8) is 0 Å². The van der Waals surface area contributed by atoms with Crippen LogP contribution in [0.15, 0.2) is 28.8 Å². The Balaban J connectivity index is 0.00000192. The van der Waals surface area contributed by atoms with Crippen molar-refractivity contribution in [3.8, 4) is 11.4 Å². The monoisotopic (exact) mass is 339 g/mol. The van der Waals surface area contributed by atoms with E-state index in [1.54, 1.807) is 12.1 Å². The van der Waals surface area contributed by atoms with Crippen molar-refractivity contribution in [2.24, 2.45) is 0 Å². The highest BCUT2D eigenvalue weighted by molar-refractivity contribution is 5.85. The Morgan fingerprint density at radius 3 is 2.83 bits per heavy atom. The zero-order valence-corrected chi connectivity index (χ0v) is 13.5. The quantitative estimate of drug-likeness (QED) is 0.670. The van der Waals surface area contributed by atoms with Crippen molar-refractivity contribution in [1.29, 1.82) is 0 Å². The molecule has 1 N–H and O–H groups in total. The number of non-ortho nitro benzene ring substituents is 1. The first-order chi connectivity index (χ1) is 10.6. The normalized spacial score (nSPS) is 18.4. The van der Waals surface area contributed by atoms with Gasteiger partial charge in [0, 0.05) is 43.4 Å². The summed E-state index contributed by atoms with van der Waals surface area (Å²) in [6, 6.07) is 6.54. The van der Waals surface area contributed by atoms with Gasteiger partial charge in [-0.05, 0) is 19.1 Å². The van der Waals surface area contributed by atoms with E-state index in [2.05, 4.69) is 27.3 Å². The molecule has 1 aromatic carbocycles. The third-order valence-electron chi connectivity index (χ3n) is 3.78. The summed E-state index contributed by atoms with van der Waals surface area (Å²) in [4.78, 5) is 16.9. The van der Waals surface area contributed by atoms with Crippen molar-refractivity contribution in [2.45, 2.75) is 19.5 Å². The summed E-state index contributed by atoms with van der Waals surface area (Å²) < 4.78 is 5.29. The zero-order valence-electron chi connectivity index (χ0n) is 12.6. The Kier molecular flexibility index (Phi) is 5.64. The van der Waals surface area contributed by atoms with Gasteiger partial charge in [0.15, 0.2) is 0 Å². The molecule has 8 nitrogen and oxygen atoms in total. The molecule has 0 spiro atoms. The predicted molar refractivity (Wildman–Crippen MR) is 86.4 cm³/mol. The number of rotatable bonds is 4. The van der Waals surface area contributed by atoms with Crippen LogP contribution in [0.1, 0.15) is 12.8 Å². The maximum absolute atomic E-state index is 10.7. The van der Waals surface area contributed by atoms with Gasteiger partial charge in [0.25, 0.3) is 5.69 Å². The van der Waals surface area contributed by atoms with Gasteiger partial charge in [0.2, 0.25) is 11.7 Å². The number of nitrogens with zero attached hydrogens (tertiary/aromatic N) is 4. The molecule has 1 aliphatic heterocycles. The van der Waals surface area contributed by atoms with Crippen LogP contribution in [0.2, 0.25) is 0 Å². The van der Waals surface area contributed by atoms with Gasteiger partial charge in [0.1, 0.15) is 0 Å². The van der Waals surface area contributed by atoms with E-state index < -0.39 is 4.92 Å². The average Bonchev–Trinajstić information content (AvgIpc) is 2.98. The highest BCUT2D eigenvalue weighted by Crippen LogP contribution is 2.20. The number of nitrogens with one attached hydrogen (secondary N) is 1. The molecule has 0 unspecified atom stereocenters. The second-order valence-electron chi connectivity index (χ2n) is 5.34. The molecule has 124 valence electrons. The molecule has 0 radical (unpaired) electrons. The molecule has 1 saturated heterocycles. The number of benzene rings is 1. The smallest absolute Gasteiger partial charge is 0.269 e. The van der Waals surface area contributed by atoms with E-state index in [-0.39, 0.29) is 18.1 Å². The van der Waals surface area contributed by atoms with Crippen molar-refractivity contribution >= 4 is 18.1 Å². The number of aromatic nitrogens is 2. The maximum atomic E-state index is 10.7. The van der Waals surface area contributed by atoms with Crippen LogP contribution >= 0.6 is 12.4 Å². The summed E-state index contributed by atoms with van der Waals surface area (Å²) in [5.74, 6) is 1.01. The molecule has 23 heavy (non-hydrogen) atoms. The summed E-state index contributed by atoms with van der Waals surface area (Å²) in [7, 11) is 0. The SMILES string of the molecule is C[C@H]1CNCCN1Cc1nc(-c2ccc([N+](=O)[O-])cc2)no1.Cl. The van der Waals surface area contributed by atoms with Crippen LogP contribution in [0.25, 0.3) is 11.4 Å². The molecular formula is C14H18ClN5O3. The molecule has 0 amide bonds. The Labute approximate surface area is 139 Å². The largest absolute Gasteiger partial charge is 0.338 e. The third-order valence-corrected chi connectivity index (χ3v) is 3.78. The van der Waals surface area contributed by atoms with E-state index in [1.807, 2.05) is 0 Å². The fraction of sp³-hybridized carbons (Fsp3) is 0.429. The second kappa shape index (κ2) is 7.49. The molecule has 9 heteroatoms. The molecule has 1 aromatic heterocycles. The van der Waals surface area contributed by atoms with E-state index in [0.29, 0.717) is 29.9 Å². The van der Waals surface area contributed by atoms with Gasteiger partial charge >= 0.3 is 0 Å². The minimum absolute atomic E-state index is 0. The van der Waals surface area contributed by atoms with Gasteiger partial charge in [-0.3, -0.25) is 15.0 Å². The lowest BCUT2D eigenvalue weighted by atomic mass is 10.2. The molecule has 0 saturated carbocycles. The number of piperazine rings is 1. The van der Waals surface area contributed by atoms with Crippen LogP contribution in [0, 0.1) is 10.1 Å². The molecule has 1 aliphatic rings. The maximum Gasteiger partial charge on any atom is 0.269 e. The summed E-state index contributed by atoms with van der Waals surface area (Å²) in [6.45, 7) is 5.61. The lowest BCUT2D eigenvalue weighted by Crippen LogP contribution is -2.49. The lowest BCUT2D eigenvalue weighted by molar-refractivity contribution is -0.384. The Morgan fingerprint density at radius 1 is 1.43 bits per heavy atom. The highest BCUT2D eigenvalue weighted by atomic mass is 35.5. The van der Waals surface area contributed by atoms with Crippen LogP contribution in [-0.4, -0.2) is 45.6 Å². The Morgan fingerprint density at radius 2 is 2.17 bits per heavy atom. The van der Waals surface area contributed by atoms with Gasteiger partial charge in [-0.25, -0.2) is 0 Å². The fourth-order valence-electron chi connectivity index (χ4n) is 2.46. The molecule has 2 aromatic rings. The number of halogens is 1. The molecule has 0 bridgehead atoms.